The molecule has 280 valence electrons. The lowest BCUT2D eigenvalue weighted by Crippen LogP contribution is -2.04. The molecular weight excluding hydrogens is 733 g/mol. The van der Waals surface area contributed by atoms with E-state index in [-0.39, 0.29) is 0 Å². The van der Waals surface area contributed by atoms with E-state index in [9.17, 15) is 0 Å². The second kappa shape index (κ2) is 13.7. The summed E-state index contributed by atoms with van der Waals surface area (Å²) in [5.41, 5.74) is 13.1. The Bertz CT molecular complexity index is 3520. The molecule has 6 heteroatoms. The third-order valence-electron chi connectivity index (χ3n) is 11.6. The van der Waals surface area contributed by atoms with Crippen LogP contribution in [0.5, 0.6) is 0 Å². The van der Waals surface area contributed by atoms with Crippen LogP contribution in [0.25, 0.3) is 111 Å². The maximum Gasteiger partial charge on any atom is 0.235 e. The SMILES string of the molecule is c1ccc(-c2cc(-c3ccccc3)nc(-n3c4ccccc4c4c5c6ccccc6n(-c6ccc(-c7nc(-c8ccccc8)c8ccccc8n7)cc6)c5ccc43)n2)cc1. The van der Waals surface area contributed by atoms with Crippen LogP contribution in [0, 0.1) is 0 Å². The molecule has 12 rings (SSSR count). The van der Waals surface area contributed by atoms with Crippen LogP contribution in [0.3, 0.4) is 0 Å². The van der Waals surface area contributed by atoms with Crippen molar-refractivity contribution in [3.63, 3.8) is 0 Å². The van der Waals surface area contributed by atoms with Crippen LogP contribution < -0.4 is 0 Å². The Morgan fingerprint density at radius 2 is 0.800 bits per heavy atom. The molecule has 0 atom stereocenters. The Morgan fingerprint density at radius 3 is 1.40 bits per heavy atom. The van der Waals surface area contributed by atoms with Gasteiger partial charge in [0.25, 0.3) is 0 Å². The predicted octanol–water partition coefficient (Wildman–Crippen LogP) is 13.3. The molecule has 12 aromatic rings. The van der Waals surface area contributed by atoms with Crippen LogP contribution in [0.15, 0.2) is 206 Å². The van der Waals surface area contributed by atoms with Gasteiger partial charge in [0.2, 0.25) is 5.95 Å². The summed E-state index contributed by atoms with van der Waals surface area (Å²) in [7, 11) is 0. The average molecular weight is 767 g/mol. The smallest absolute Gasteiger partial charge is 0.235 e. The Morgan fingerprint density at radius 1 is 0.317 bits per heavy atom. The molecule has 0 spiro atoms. The van der Waals surface area contributed by atoms with Crippen LogP contribution in [0.2, 0.25) is 0 Å². The summed E-state index contributed by atoms with van der Waals surface area (Å²) < 4.78 is 4.60. The number of rotatable bonds is 6. The van der Waals surface area contributed by atoms with Crippen molar-refractivity contribution < 1.29 is 0 Å². The lowest BCUT2D eigenvalue weighted by atomic mass is 10.1. The van der Waals surface area contributed by atoms with Gasteiger partial charge in [-0.2, -0.15) is 0 Å². The van der Waals surface area contributed by atoms with Gasteiger partial charge in [-0.05, 0) is 60.7 Å². The second-order valence-corrected chi connectivity index (χ2v) is 15.1. The number of aromatic nitrogens is 6. The van der Waals surface area contributed by atoms with Gasteiger partial charge in [-0.15, -0.1) is 0 Å². The van der Waals surface area contributed by atoms with Gasteiger partial charge in [-0.25, -0.2) is 19.9 Å². The van der Waals surface area contributed by atoms with E-state index in [1.807, 2.05) is 30.3 Å². The fraction of sp³-hybridized carbons (Fsp3) is 0. The van der Waals surface area contributed by atoms with E-state index in [2.05, 4.69) is 185 Å². The van der Waals surface area contributed by atoms with Gasteiger partial charge >= 0.3 is 0 Å². The highest BCUT2D eigenvalue weighted by atomic mass is 15.2. The molecule has 0 amide bonds. The number of benzene rings is 8. The van der Waals surface area contributed by atoms with E-state index < -0.39 is 0 Å². The summed E-state index contributed by atoms with van der Waals surface area (Å²) in [6, 6.07) is 71.8. The van der Waals surface area contributed by atoms with Crippen molar-refractivity contribution in [3.8, 4) is 56.8 Å². The number of hydrogen-bond donors (Lipinski definition) is 0. The van der Waals surface area contributed by atoms with Crippen molar-refractivity contribution >= 4 is 54.5 Å². The highest BCUT2D eigenvalue weighted by molar-refractivity contribution is 6.28. The first-order chi connectivity index (χ1) is 29.8. The van der Waals surface area contributed by atoms with Crippen LogP contribution >= 0.6 is 0 Å². The van der Waals surface area contributed by atoms with Gasteiger partial charge in [-0.1, -0.05) is 146 Å². The zero-order chi connectivity index (χ0) is 39.6. The van der Waals surface area contributed by atoms with E-state index in [4.69, 9.17) is 19.9 Å². The number of fused-ring (bicyclic) bond motifs is 8. The molecule has 0 unspecified atom stereocenters. The normalized spacial score (nSPS) is 11.7. The fourth-order valence-electron chi connectivity index (χ4n) is 8.84. The molecule has 0 fully saturated rings. The molecule has 8 aromatic carbocycles. The van der Waals surface area contributed by atoms with Crippen LogP contribution in [0.1, 0.15) is 0 Å². The molecule has 4 heterocycles. The molecule has 0 aliphatic rings. The first kappa shape index (κ1) is 33.9. The van der Waals surface area contributed by atoms with Crippen LogP contribution in [-0.2, 0) is 0 Å². The Labute approximate surface area is 345 Å². The van der Waals surface area contributed by atoms with Crippen LogP contribution in [0.4, 0.5) is 0 Å². The summed E-state index contributed by atoms with van der Waals surface area (Å²) in [5, 5.41) is 5.72. The van der Waals surface area contributed by atoms with Gasteiger partial charge in [0.15, 0.2) is 5.82 Å². The Balaban J connectivity index is 1.06. The maximum absolute atomic E-state index is 5.28. The van der Waals surface area contributed by atoms with E-state index in [0.29, 0.717) is 11.8 Å². The molecular formula is C54H34N6. The lowest BCUT2D eigenvalue weighted by molar-refractivity contribution is 0.996. The molecule has 60 heavy (non-hydrogen) atoms. The summed E-state index contributed by atoms with van der Waals surface area (Å²) in [6.07, 6.45) is 0. The Kier molecular flexibility index (Phi) is 7.74. The molecule has 6 nitrogen and oxygen atoms in total. The van der Waals surface area contributed by atoms with Crippen molar-refractivity contribution in [3.05, 3.63) is 206 Å². The fourth-order valence-corrected chi connectivity index (χ4v) is 8.84. The van der Waals surface area contributed by atoms with Crippen molar-refractivity contribution in [1.29, 1.82) is 0 Å². The van der Waals surface area contributed by atoms with Gasteiger partial charge in [0.05, 0.1) is 44.7 Å². The summed E-state index contributed by atoms with van der Waals surface area (Å²) in [5.74, 6) is 1.33. The third-order valence-corrected chi connectivity index (χ3v) is 11.6. The standard InChI is InChI=1S/C54H34N6/c1-4-16-35(17-5-1)44-34-45(36-18-6-2-7-19-36)57-54(56-44)60-47-27-15-12-24-42(47)51-49(60)33-32-48-50(51)41-23-11-14-26-46(41)59(48)39-30-28-38(29-31-39)53-55-43-25-13-10-22-40(43)52(58-53)37-20-8-3-9-21-37/h1-34H. The van der Waals surface area contributed by atoms with Gasteiger partial charge in [-0.3, -0.25) is 4.57 Å². The second-order valence-electron chi connectivity index (χ2n) is 15.1. The molecule has 0 saturated heterocycles. The van der Waals surface area contributed by atoms with Crippen molar-refractivity contribution in [1.82, 2.24) is 29.1 Å². The zero-order valence-electron chi connectivity index (χ0n) is 32.3. The van der Waals surface area contributed by atoms with Gasteiger partial charge in [0, 0.05) is 54.9 Å². The van der Waals surface area contributed by atoms with Crippen molar-refractivity contribution in [2.24, 2.45) is 0 Å². The summed E-state index contributed by atoms with van der Waals surface area (Å²) in [4.78, 5) is 20.7. The minimum Gasteiger partial charge on any atom is -0.309 e. The lowest BCUT2D eigenvalue weighted by Gasteiger charge is -2.12. The maximum atomic E-state index is 5.28. The first-order valence-electron chi connectivity index (χ1n) is 20.2. The third kappa shape index (κ3) is 5.42. The van der Waals surface area contributed by atoms with Gasteiger partial charge < -0.3 is 4.57 Å². The molecule has 4 aromatic heterocycles. The molecule has 0 N–H and O–H groups in total. The van der Waals surface area contributed by atoms with E-state index in [1.54, 1.807) is 0 Å². The minimum atomic E-state index is 0.631. The topological polar surface area (TPSA) is 61.4 Å². The van der Waals surface area contributed by atoms with Crippen LogP contribution in [-0.4, -0.2) is 29.1 Å². The van der Waals surface area contributed by atoms with E-state index >= 15 is 0 Å². The zero-order valence-corrected chi connectivity index (χ0v) is 32.3. The van der Waals surface area contributed by atoms with Gasteiger partial charge in [0.1, 0.15) is 0 Å². The molecule has 0 saturated carbocycles. The minimum absolute atomic E-state index is 0.631. The van der Waals surface area contributed by atoms with Crippen molar-refractivity contribution in [2.45, 2.75) is 0 Å². The monoisotopic (exact) mass is 766 g/mol. The van der Waals surface area contributed by atoms with E-state index in [0.717, 1.165) is 83.4 Å². The van der Waals surface area contributed by atoms with Crippen molar-refractivity contribution in [2.75, 3.05) is 0 Å². The first-order valence-corrected chi connectivity index (χ1v) is 20.2. The number of nitrogens with zero attached hydrogens (tertiary/aromatic N) is 6. The van der Waals surface area contributed by atoms with E-state index in [1.165, 1.54) is 16.2 Å². The summed E-state index contributed by atoms with van der Waals surface area (Å²) in [6.45, 7) is 0. The quantitative estimate of drug-likeness (QED) is 0.169. The number of hydrogen-bond acceptors (Lipinski definition) is 4. The Hall–Kier alpha value is -8.22. The summed E-state index contributed by atoms with van der Waals surface area (Å²) >= 11 is 0. The molecule has 0 aliphatic carbocycles. The number of para-hydroxylation sites is 3. The average Bonchev–Trinajstić information content (AvgIpc) is 3.85. The predicted molar refractivity (Wildman–Crippen MR) is 246 cm³/mol. The molecule has 0 bridgehead atoms. The highest BCUT2D eigenvalue weighted by Gasteiger charge is 2.22. The molecule has 0 radical (unpaired) electrons. The highest BCUT2D eigenvalue weighted by Crippen LogP contribution is 2.42. The largest absolute Gasteiger partial charge is 0.309 e. The molecule has 0 aliphatic heterocycles.